The van der Waals surface area contributed by atoms with Gasteiger partial charge >= 0.3 is 0 Å². The number of hydrogen-bond donors (Lipinski definition) is 2. The van der Waals surface area contributed by atoms with Crippen LogP contribution in [0.2, 0.25) is 0 Å². The Morgan fingerprint density at radius 1 is 1.25 bits per heavy atom. The topological polar surface area (TPSA) is 77.8 Å². The van der Waals surface area contributed by atoms with E-state index in [1.165, 1.54) is 0 Å². The number of hydrogen-bond acceptors (Lipinski definition) is 2. The fourth-order valence-corrected chi connectivity index (χ4v) is 0. The maximum absolute atomic E-state index is 6.50. The molecular weight excluding hydrogens is 102 g/mol. The van der Waals surface area contributed by atoms with Gasteiger partial charge in [0.05, 0.1) is 0 Å². The van der Waals surface area contributed by atoms with Crippen LogP contribution in [0.4, 0.5) is 0 Å². The second-order valence-corrected chi connectivity index (χ2v) is 0. The summed E-state index contributed by atoms with van der Waals surface area (Å²) in [5.74, 6) is 3.50. The number of rotatable bonds is 0. The van der Waals surface area contributed by atoms with Crippen molar-refractivity contribution in [1.82, 2.24) is 0 Å². The third-order valence-corrected chi connectivity index (χ3v) is 0. The molecule has 5 N–H and O–H groups in total. The Bertz CT molecular complexity index is 6.00. The van der Waals surface area contributed by atoms with Gasteiger partial charge in [-0.15, -0.1) is 0 Å². The molecule has 0 aromatic rings. The van der Waals surface area contributed by atoms with Gasteiger partial charge in [-0.3, -0.25) is 0 Å². The van der Waals surface area contributed by atoms with Crippen LogP contribution < -0.4 is 5.90 Å². The SMILES string of the molecule is NO.O.[Fe]. The number of nitrogens with two attached hydrogens (primary N) is 1. The first kappa shape index (κ1) is 26.0. The van der Waals surface area contributed by atoms with Gasteiger partial charge in [0.25, 0.3) is 0 Å². The zero-order valence-corrected chi connectivity index (χ0v) is 2.98. The molecule has 0 atom stereocenters. The van der Waals surface area contributed by atoms with Gasteiger partial charge < -0.3 is 10.7 Å². The molecule has 3 nitrogen and oxygen atoms in total. The quantitative estimate of drug-likeness (QED) is 0.292. The van der Waals surface area contributed by atoms with E-state index in [1.54, 1.807) is 0 Å². The Kier molecular flexibility index (Phi) is 796. The second-order valence-electron chi connectivity index (χ2n) is 0. The molecule has 0 bridgehead atoms. The van der Waals surface area contributed by atoms with Crippen molar-refractivity contribution in [3.8, 4) is 0 Å². The maximum Gasteiger partial charge on any atom is 0 e. The summed E-state index contributed by atoms with van der Waals surface area (Å²) in [4.78, 5) is 0. The van der Waals surface area contributed by atoms with Crippen LogP contribution in [-0.2, 0) is 17.1 Å². The standard InChI is InChI=1S/Fe.H3NO.H2O/c;1-2;/h;2H,1H2;1H2. The first-order chi connectivity index (χ1) is 1.00. The first-order valence-electron chi connectivity index (χ1n) is 0.258. The molecule has 0 heterocycles. The maximum atomic E-state index is 6.50. The zero-order chi connectivity index (χ0) is 2.00. The summed E-state index contributed by atoms with van der Waals surface area (Å²) >= 11 is 0. The predicted octanol–water partition coefficient (Wildman–Crippen LogP) is -1.49. The van der Waals surface area contributed by atoms with Gasteiger partial charge in [0, 0.05) is 17.1 Å². The molecule has 0 saturated carbocycles. The summed E-state index contributed by atoms with van der Waals surface area (Å²) < 4.78 is 0. The van der Waals surface area contributed by atoms with Crippen molar-refractivity contribution in [3.05, 3.63) is 0 Å². The minimum Gasteiger partial charge on any atom is -0.412 e. The Morgan fingerprint density at radius 2 is 1.25 bits per heavy atom. The average Bonchev–Trinajstić information content (AvgIpc) is 1.00. The van der Waals surface area contributed by atoms with E-state index in [-0.39, 0.29) is 22.5 Å². The van der Waals surface area contributed by atoms with E-state index in [0.29, 0.717) is 0 Å². The molecule has 0 spiro atoms. The molecule has 0 fully saturated rings. The third-order valence-electron chi connectivity index (χ3n) is 0. The van der Waals surface area contributed by atoms with E-state index < -0.39 is 0 Å². The van der Waals surface area contributed by atoms with Crippen LogP contribution in [-0.4, -0.2) is 10.7 Å². The first-order valence-corrected chi connectivity index (χ1v) is 0.258. The van der Waals surface area contributed by atoms with Gasteiger partial charge in [-0.05, 0) is 0 Å². The van der Waals surface area contributed by atoms with Crippen LogP contribution in [0.3, 0.4) is 0 Å². The summed E-state index contributed by atoms with van der Waals surface area (Å²) in [5.41, 5.74) is 0. The normalized spacial score (nSPS) is 1.50. The van der Waals surface area contributed by atoms with Gasteiger partial charge in [0.1, 0.15) is 0 Å². The fraction of sp³-hybridized carbons (Fsp3) is 0. The largest absolute Gasteiger partial charge is 0.412 e. The molecule has 0 rings (SSSR count). The molecule has 0 unspecified atom stereocenters. The molecule has 30 valence electrons. The van der Waals surface area contributed by atoms with E-state index >= 15 is 0 Å². The van der Waals surface area contributed by atoms with E-state index in [9.17, 15) is 0 Å². The smallest absolute Gasteiger partial charge is 0 e. The van der Waals surface area contributed by atoms with Gasteiger partial charge in [0.15, 0.2) is 0 Å². The molecule has 0 aromatic carbocycles. The van der Waals surface area contributed by atoms with Crippen molar-refractivity contribution in [3.63, 3.8) is 0 Å². The second kappa shape index (κ2) is 123. The van der Waals surface area contributed by atoms with Gasteiger partial charge in [0.2, 0.25) is 0 Å². The summed E-state index contributed by atoms with van der Waals surface area (Å²) in [6.45, 7) is 0. The van der Waals surface area contributed by atoms with E-state index in [1.807, 2.05) is 0 Å². The van der Waals surface area contributed by atoms with Crippen molar-refractivity contribution >= 4 is 0 Å². The van der Waals surface area contributed by atoms with Crippen molar-refractivity contribution in [2.45, 2.75) is 0 Å². The Morgan fingerprint density at radius 3 is 1.25 bits per heavy atom. The van der Waals surface area contributed by atoms with Crippen LogP contribution >= 0.6 is 0 Å². The van der Waals surface area contributed by atoms with Crippen molar-refractivity contribution in [2.75, 3.05) is 0 Å². The summed E-state index contributed by atoms with van der Waals surface area (Å²) in [6, 6.07) is 0. The van der Waals surface area contributed by atoms with E-state index in [4.69, 9.17) is 5.21 Å². The van der Waals surface area contributed by atoms with Gasteiger partial charge in [-0.25, -0.2) is 5.90 Å². The van der Waals surface area contributed by atoms with Crippen LogP contribution in [0.5, 0.6) is 0 Å². The Hall–Kier alpha value is 0.399. The molecule has 4 heteroatoms. The minimum absolute atomic E-state index is 0. The predicted molar refractivity (Wildman–Crippen MR) is 9.59 cm³/mol. The molecule has 0 aliphatic carbocycles. The van der Waals surface area contributed by atoms with Gasteiger partial charge in [-0.1, -0.05) is 0 Å². The molecule has 0 aliphatic rings. The summed E-state index contributed by atoms with van der Waals surface area (Å²) in [6.07, 6.45) is 0. The third kappa shape index (κ3) is 29.4. The molecule has 4 heavy (non-hydrogen) atoms. The molecule has 0 aromatic heterocycles. The molecule has 0 aliphatic heterocycles. The van der Waals surface area contributed by atoms with E-state index in [0.717, 1.165) is 0 Å². The average molecular weight is 107 g/mol. The van der Waals surface area contributed by atoms with Crippen molar-refractivity contribution in [2.24, 2.45) is 5.90 Å². The molecule has 0 radical (unpaired) electrons. The summed E-state index contributed by atoms with van der Waals surface area (Å²) in [5, 5.41) is 6.50. The van der Waals surface area contributed by atoms with Crippen LogP contribution in [0.25, 0.3) is 0 Å². The van der Waals surface area contributed by atoms with Gasteiger partial charge in [-0.2, -0.15) is 0 Å². The summed E-state index contributed by atoms with van der Waals surface area (Å²) in [7, 11) is 0. The fourth-order valence-electron chi connectivity index (χ4n) is 0. The van der Waals surface area contributed by atoms with Crippen LogP contribution in [0, 0.1) is 0 Å². The van der Waals surface area contributed by atoms with E-state index in [2.05, 4.69) is 5.90 Å². The Balaban J connectivity index is -0.00000000500. The van der Waals surface area contributed by atoms with Crippen molar-refractivity contribution in [1.29, 1.82) is 0 Å². The minimum atomic E-state index is 0. The molecule has 0 amide bonds. The zero-order valence-electron chi connectivity index (χ0n) is 1.88. The molecular formula is H5FeNO2. The van der Waals surface area contributed by atoms with Crippen molar-refractivity contribution < 1.29 is 27.8 Å². The Labute approximate surface area is 34.5 Å². The molecule has 0 saturated heterocycles. The van der Waals surface area contributed by atoms with Crippen LogP contribution in [0.15, 0.2) is 0 Å². The van der Waals surface area contributed by atoms with Crippen LogP contribution in [0.1, 0.15) is 0 Å². The monoisotopic (exact) mass is 107 g/mol.